The number of amides is 1. The molecule has 0 unspecified atom stereocenters. The van der Waals surface area contributed by atoms with Crippen LogP contribution in [-0.2, 0) is 6.54 Å². The Kier molecular flexibility index (Phi) is 4.79. The standard InChI is InChI=1S/C19H18FN3O2/c1-22(12-14-8-9-18(25-2)17(20)10-14)19(24)15-11-21-23(13-15)16-6-4-3-5-7-16/h3-11,13H,12H2,1-2H3. The van der Waals surface area contributed by atoms with Gasteiger partial charge in [0.05, 0.1) is 24.6 Å². The van der Waals surface area contributed by atoms with Gasteiger partial charge < -0.3 is 9.64 Å². The molecule has 6 heteroatoms. The first-order chi connectivity index (χ1) is 12.1. The summed E-state index contributed by atoms with van der Waals surface area (Å²) in [6.07, 6.45) is 3.21. The van der Waals surface area contributed by atoms with Crippen molar-refractivity contribution in [3.63, 3.8) is 0 Å². The van der Waals surface area contributed by atoms with Crippen LogP contribution in [0.5, 0.6) is 5.75 Å². The summed E-state index contributed by atoms with van der Waals surface area (Å²) in [7, 11) is 3.09. The first-order valence-electron chi connectivity index (χ1n) is 7.76. The number of benzene rings is 2. The van der Waals surface area contributed by atoms with E-state index in [0.29, 0.717) is 11.1 Å². The first kappa shape index (κ1) is 16.7. The number of rotatable bonds is 5. The molecule has 5 nitrogen and oxygen atoms in total. The number of para-hydroxylation sites is 1. The molecule has 0 bridgehead atoms. The molecule has 2 aromatic carbocycles. The second-order valence-corrected chi connectivity index (χ2v) is 5.64. The van der Waals surface area contributed by atoms with E-state index >= 15 is 0 Å². The molecular weight excluding hydrogens is 321 g/mol. The Hall–Kier alpha value is -3.15. The summed E-state index contributed by atoms with van der Waals surface area (Å²) in [4.78, 5) is 14.1. The molecule has 3 aromatic rings. The van der Waals surface area contributed by atoms with Crippen LogP contribution >= 0.6 is 0 Å². The molecule has 3 rings (SSSR count). The molecule has 25 heavy (non-hydrogen) atoms. The molecule has 0 aliphatic carbocycles. The maximum atomic E-state index is 13.8. The van der Waals surface area contributed by atoms with Crippen LogP contribution in [0.15, 0.2) is 60.9 Å². The van der Waals surface area contributed by atoms with Crippen LogP contribution in [0.4, 0.5) is 4.39 Å². The number of carbonyl (C=O) groups is 1. The Morgan fingerprint density at radius 1 is 1.24 bits per heavy atom. The number of carbonyl (C=O) groups excluding carboxylic acids is 1. The van der Waals surface area contributed by atoms with Gasteiger partial charge in [-0.3, -0.25) is 4.79 Å². The zero-order chi connectivity index (χ0) is 17.8. The zero-order valence-corrected chi connectivity index (χ0v) is 14.0. The third-order valence-electron chi connectivity index (χ3n) is 3.83. The van der Waals surface area contributed by atoms with Gasteiger partial charge >= 0.3 is 0 Å². The fourth-order valence-electron chi connectivity index (χ4n) is 2.53. The Balaban J connectivity index is 1.72. The van der Waals surface area contributed by atoms with Crippen LogP contribution in [0, 0.1) is 5.82 Å². The summed E-state index contributed by atoms with van der Waals surface area (Å²) < 4.78 is 20.3. The normalized spacial score (nSPS) is 10.5. The molecule has 0 fully saturated rings. The molecule has 128 valence electrons. The van der Waals surface area contributed by atoms with Crippen molar-refractivity contribution < 1.29 is 13.9 Å². The summed E-state index contributed by atoms with van der Waals surface area (Å²) in [6, 6.07) is 14.2. The number of hydrogen-bond donors (Lipinski definition) is 0. The number of ether oxygens (including phenoxy) is 1. The Bertz CT molecular complexity index is 877. The van der Waals surface area contributed by atoms with Crippen LogP contribution in [0.2, 0.25) is 0 Å². The predicted octanol–water partition coefficient (Wildman–Crippen LogP) is 3.29. The molecule has 0 saturated carbocycles. The number of nitrogens with zero attached hydrogens (tertiary/aromatic N) is 3. The monoisotopic (exact) mass is 339 g/mol. The van der Waals surface area contributed by atoms with Crippen LogP contribution in [0.3, 0.4) is 0 Å². The minimum Gasteiger partial charge on any atom is -0.494 e. The van der Waals surface area contributed by atoms with E-state index in [2.05, 4.69) is 5.10 Å². The molecule has 0 spiro atoms. The van der Waals surface area contributed by atoms with E-state index < -0.39 is 5.82 Å². The molecule has 0 N–H and O–H groups in total. The highest BCUT2D eigenvalue weighted by Gasteiger charge is 2.15. The van der Waals surface area contributed by atoms with E-state index in [9.17, 15) is 9.18 Å². The lowest BCUT2D eigenvalue weighted by molar-refractivity contribution is 0.0785. The van der Waals surface area contributed by atoms with Gasteiger partial charge in [-0.1, -0.05) is 24.3 Å². The third-order valence-corrected chi connectivity index (χ3v) is 3.83. The first-order valence-corrected chi connectivity index (χ1v) is 7.76. The van der Waals surface area contributed by atoms with E-state index in [1.807, 2.05) is 30.3 Å². The summed E-state index contributed by atoms with van der Waals surface area (Å²) >= 11 is 0. The smallest absolute Gasteiger partial charge is 0.257 e. The minimum atomic E-state index is -0.447. The maximum absolute atomic E-state index is 13.8. The summed E-state index contributed by atoms with van der Waals surface area (Å²) in [5.41, 5.74) is 2.03. The predicted molar refractivity (Wildman–Crippen MR) is 92.3 cm³/mol. The van der Waals surface area contributed by atoms with Gasteiger partial charge in [0, 0.05) is 19.8 Å². The molecule has 1 aromatic heterocycles. The van der Waals surface area contributed by atoms with Crippen molar-refractivity contribution in [2.24, 2.45) is 0 Å². The highest BCUT2D eigenvalue weighted by Crippen LogP contribution is 2.19. The van der Waals surface area contributed by atoms with E-state index in [4.69, 9.17) is 4.74 Å². The SMILES string of the molecule is COc1ccc(CN(C)C(=O)c2cnn(-c3ccccc3)c2)cc1F. The van der Waals surface area contributed by atoms with Gasteiger partial charge in [0.2, 0.25) is 0 Å². The van der Waals surface area contributed by atoms with Gasteiger partial charge in [-0.2, -0.15) is 5.10 Å². The largest absolute Gasteiger partial charge is 0.494 e. The average molecular weight is 339 g/mol. The molecule has 1 amide bonds. The van der Waals surface area contributed by atoms with Crippen molar-refractivity contribution >= 4 is 5.91 Å². The van der Waals surface area contributed by atoms with Crippen molar-refractivity contribution in [1.29, 1.82) is 0 Å². The third kappa shape index (κ3) is 3.68. The number of halogens is 1. The van der Waals surface area contributed by atoms with E-state index in [1.54, 1.807) is 30.1 Å². The summed E-state index contributed by atoms with van der Waals surface area (Å²) in [5, 5.41) is 4.23. The van der Waals surface area contributed by atoms with Gasteiger partial charge in [0.25, 0.3) is 5.91 Å². The second-order valence-electron chi connectivity index (χ2n) is 5.64. The van der Waals surface area contributed by atoms with Crippen LogP contribution in [0.1, 0.15) is 15.9 Å². The topological polar surface area (TPSA) is 47.4 Å². The fourth-order valence-corrected chi connectivity index (χ4v) is 2.53. The minimum absolute atomic E-state index is 0.182. The lowest BCUT2D eigenvalue weighted by Gasteiger charge is -2.16. The van der Waals surface area contributed by atoms with Crippen molar-refractivity contribution in [3.8, 4) is 11.4 Å². The van der Waals surface area contributed by atoms with Crippen LogP contribution in [0.25, 0.3) is 5.69 Å². The molecule has 0 radical (unpaired) electrons. The lowest BCUT2D eigenvalue weighted by Crippen LogP contribution is -2.25. The molecule has 0 aliphatic heterocycles. The van der Waals surface area contributed by atoms with Crippen LogP contribution in [-0.4, -0.2) is 34.7 Å². The average Bonchev–Trinajstić information content (AvgIpc) is 3.12. The number of aromatic nitrogens is 2. The summed E-state index contributed by atoms with van der Waals surface area (Å²) in [5.74, 6) is -0.446. The molecule has 0 atom stereocenters. The number of hydrogen-bond acceptors (Lipinski definition) is 3. The highest BCUT2D eigenvalue weighted by atomic mass is 19.1. The molecule has 0 saturated heterocycles. The van der Waals surface area contributed by atoms with E-state index in [-0.39, 0.29) is 18.2 Å². The van der Waals surface area contributed by atoms with Gasteiger partial charge in [0.1, 0.15) is 0 Å². The van der Waals surface area contributed by atoms with Gasteiger partial charge in [-0.15, -0.1) is 0 Å². The van der Waals surface area contributed by atoms with Crippen LogP contribution < -0.4 is 4.74 Å². The highest BCUT2D eigenvalue weighted by molar-refractivity contribution is 5.93. The van der Waals surface area contributed by atoms with E-state index in [1.165, 1.54) is 24.3 Å². The van der Waals surface area contributed by atoms with Crippen molar-refractivity contribution in [2.45, 2.75) is 6.54 Å². The van der Waals surface area contributed by atoms with E-state index in [0.717, 1.165) is 5.69 Å². The van der Waals surface area contributed by atoms with Gasteiger partial charge in [-0.05, 0) is 29.8 Å². The molecule has 1 heterocycles. The molecular formula is C19H18FN3O2. The van der Waals surface area contributed by atoms with Crippen molar-refractivity contribution in [1.82, 2.24) is 14.7 Å². The number of methoxy groups -OCH3 is 1. The lowest BCUT2D eigenvalue weighted by atomic mass is 10.2. The van der Waals surface area contributed by atoms with Gasteiger partial charge in [-0.25, -0.2) is 9.07 Å². The van der Waals surface area contributed by atoms with Crippen molar-refractivity contribution in [2.75, 3.05) is 14.2 Å². The zero-order valence-electron chi connectivity index (χ0n) is 14.0. The molecule has 0 aliphatic rings. The second kappa shape index (κ2) is 7.17. The van der Waals surface area contributed by atoms with Crippen molar-refractivity contribution in [3.05, 3.63) is 77.9 Å². The quantitative estimate of drug-likeness (QED) is 0.717. The fraction of sp³-hybridized carbons (Fsp3) is 0.158. The Morgan fingerprint density at radius 3 is 2.68 bits per heavy atom. The summed E-state index contributed by atoms with van der Waals surface area (Å²) in [6.45, 7) is 0.288. The Labute approximate surface area is 145 Å². The maximum Gasteiger partial charge on any atom is 0.257 e. The van der Waals surface area contributed by atoms with Gasteiger partial charge in [0.15, 0.2) is 11.6 Å². The Morgan fingerprint density at radius 2 is 2.00 bits per heavy atom.